The molecular formula is C19H28N2O. The van der Waals surface area contributed by atoms with Gasteiger partial charge in [-0.25, -0.2) is 0 Å². The molecule has 0 unspecified atom stereocenters. The zero-order chi connectivity index (χ0) is 15.3. The van der Waals surface area contributed by atoms with Crippen LogP contribution in [-0.4, -0.2) is 36.2 Å². The summed E-state index contributed by atoms with van der Waals surface area (Å²) in [6, 6.07) is 5.03. The second-order valence-corrected chi connectivity index (χ2v) is 7.57. The fourth-order valence-corrected chi connectivity index (χ4v) is 5.58. The van der Waals surface area contributed by atoms with Crippen molar-refractivity contribution in [1.82, 2.24) is 4.90 Å². The average molecular weight is 300 g/mol. The van der Waals surface area contributed by atoms with E-state index in [4.69, 9.17) is 0 Å². The molecule has 1 aromatic rings. The van der Waals surface area contributed by atoms with Crippen molar-refractivity contribution in [3.05, 3.63) is 23.3 Å². The van der Waals surface area contributed by atoms with Crippen molar-refractivity contribution in [2.75, 3.05) is 25.5 Å². The Labute approximate surface area is 133 Å². The molecule has 22 heavy (non-hydrogen) atoms. The highest BCUT2D eigenvalue weighted by atomic mass is 16.3. The van der Waals surface area contributed by atoms with Crippen molar-refractivity contribution in [1.29, 1.82) is 0 Å². The van der Waals surface area contributed by atoms with E-state index in [9.17, 15) is 5.11 Å². The highest BCUT2D eigenvalue weighted by Crippen LogP contribution is 2.56. The molecule has 2 fully saturated rings. The maximum absolute atomic E-state index is 10.5. The third kappa shape index (κ3) is 1.91. The van der Waals surface area contributed by atoms with Crippen LogP contribution in [0.15, 0.2) is 12.1 Å². The number of benzene rings is 1. The van der Waals surface area contributed by atoms with Gasteiger partial charge >= 0.3 is 0 Å². The third-order valence-corrected chi connectivity index (χ3v) is 6.59. The van der Waals surface area contributed by atoms with Crippen molar-refractivity contribution >= 4 is 5.69 Å². The number of nitrogens with zero attached hydrogens (tertiary/aromatic N) is 1. The number of hydrogen-bond acceptors (Lipinski definition) is 3. The lowest BCUT2D eigenvalue weighted by atomic mass is 9.52. The van der Waals surface area contributed by atoms with E-state index >= 15 is 0 Å². The van der Waals surface area contributed by atoms with Crippen LogP contribution >= 0.6 is 0 Å². The summed E-state index contributed by atoms with van der Waals surface area (Å²) in [7, 11) is 2.31. The van der Waals surface area contributed by atoms with Gasteiger partial charge < -0.3 is 15.3 Å². The molecule has 4 rings (SSSR count). The summed E-state index contributed by atoms with van der Waals surface area (Å²) in [6.07, 6.45) is 7.82. The minimum Gasteiger partial charge on any atom is -0.506 e. The normalized spacial score (nSPS) is 33.9. The van der Waals surface area contributed by atoms with Crippen LogP contribution < -0.4 is 5.32 Å². The van der Waals surface area contributed by atoms with Crippen molar-refractivity contribution in [3.63, 3.8) is 0 Å². The first kappa shape index (κ1) is 14.4. The Bertz CT molecular complexity index is 585. The lowest BCUT2D eigenvalue weighted by molar-refractivity contribution is 0.00277. The van der Waals surface area contributed by atoms with Crippen molar-refractivity contribution in [2.24, 2.45) is 5.92 Å². The number of phenolic OH excluding ortho intramolecular Hbond substituents is 1. The van der Waals surface area contributed by atoms with Crippen LogP contribution in [0.2, 0.25) is 0 Å². The summed E-state index contributed by atoms with van der Waals surface area (Å²) >= 11 is 0. The molecule has 2 bridgehead atoms. The molecule has 1 aliphatic heterocycles. The van der Waals surface area contributed by atoms with Crippen LogP contribution in [0.3, 0.4) is 0 Å². The summed E-state index contributed by atoms with van der Waals surface area (Å²) in [5, 5.41) is 13.8. The van der Waals surface area contributed by atoms with Gasteiger partial charge in [-0.05, 0) is 75.4 Å². The third-order valence-electron chi connectivity index (χ3n) is 6.59. The van der Waals surface area contributed by atoms with E-state index in [0.717, 1.165) is 24.6 Å². The molecule has 0 radical (unpaired) electrons. The number of aromatic hydroxyl groups is 1. The predicted octanol–water partition coefficient (Wildman–Crippen LogP) is 3.51. The molecule has 3 atom stereocenters. The van der Waals surface area contributed by atoms with Crippen LogP contribution in [0.4, 0.5) is 5.69 Å². The van der Waals surface area contributed by atoms with Gasteiger partial charge in [0.2, 0.25) is 0 Å². The molecule has 0 spiro atoms. The Kier molecular flexibility index (Phi) is 3.37. The number of hydrogen-bond donors (Lipinski definition) is 2. The molecule has 3 aliphatic rings. The Morgan fingerprint density at radius 1 is 1.32 bits per heavy atom. The van der Waals surface area contributed by atoms with Gasteiger partial charge in [-0.2, -0.15) is 0 Å². The minimum absolute atomic E-state index is 0.339. The highest BCUT2D eigenvalue weighted by molar-refractivity contribution is 5.62. The first-order valence-electron chi connectivity index (χ1n) is 8.96. The largest absolute Gasteiger partial charge is 0.506 e. The fraction of sp³-hybridized carbons (Fsp3) is 0.684. The monoisotopic (exact) mass is 300 g/mol. The molecule has 1 saturated heterocycles. The molecule has 2 aliphatic carbocycles. The van der Waals surface area contributed by atoms with Crippen molar-refractivity contribution < 1.29 is 5.11 Å². The topological polar surface area (TPSA) is 35.5 Å². The fourth-order valence-electron chi connectivity index (χ4n) is 5.58. The van der Waals surface area contributed by atoms with E-state index in [-0.39, 0.29) is 0 Å². The van der Waals surface area contributed by atoms with Gasteiger partial charge in [0, 0.05) is 18.0 Å². The smallest absolute Gasteiger partial charge is 0.138 e. The van der Waals surface area contributed by atoms with Crippen LogP contribution in [-0.2, 0) is 11.8 Å². The number of nitrogens with one attached hydrogen (secondary N) is 1. The Balaban J connectivity index is 1.85. The zero-order valence-electron chi connectivity index (χ0n) is 13.9. The lowest BCUT2D eigenvalue weighted by Gasteiger charge is -2.58. The number of anilines is 1. The Hall–Kier alpha value is -1.22. The van der Waals surface area contributed by atoms with E-state index in [2.05, 4.69) is 36.3 Å². The zero-order valence-corrected chi connectivity index (χ0v) is 13.9. The maximum atomic E-state index is 10.5. The predicted molar refractivity (Wildman–Crippen MR) is 90.6 cm³/mol. The van der Waals surface area contributed by atoms with Crippen molar-refractivity contribution in [2.45, 2.75) is 56.9 Å². The van der Waals surface area contributed by atoms with Gasteiger partial charge in [-0.1, -0.05) is 12.8 Å². The molecule has 1 heterocycles. The number of piperidine rings is 1. The molecule has 3 nitrogen and oxygen atoms in total. The quantitative estimate of drug-likeness (QED) is 0.820. The van der Waals surface area contributed by atoms with Crippen LogP contribution in [0.5, 0.6) is 5.75 Å². The lowest BCUT2D eigenvalue weighted by Crippen LogP contribution is -2.59. The van der Waals surface area contributed by atoms with Crippen LogP contribution in [0.25, 0.3) is 0 Å². The maximum Gasteiger partial charge on any atom is 0.138 e. The second kappa shape index (κ2) is 5.16. The molecule has 0 aromatic heterocycles. The van der Waals surface area contributed by atoms with Gasteiger partial charge in [0.15, 0.2) is 0 Å². The Morgan fingerprint density at radius 2 is 2.18 bits per heavy atom. The summed E-state index contributed by atoms with van der Waals surface area (Å²) in [5.74, 6) is 1.23. The van der Waals surface area contributed by atoms with E-state index < -0.39 is 0 Å². The molecule has 1 aromatic carbocycles. The van der Waals surface area contributed by atoms with Gasteiger partial charge in [0.25, 0.3) is 0 Å². The van der Waals surface area contributed by atoms with E-state index in [0.29, 0.717) is 17.2 Å². The minimum atomic E-state index is 0.339. The Morgan fingerprint density at radius 3 is 3.00 bits per heavy atom. The van der Waals surface area contributed by atoms with Gasteiger partial charge in [0.1, 0.15) is 5.75 Å². The number of likely N-dealkylation sites (N-methyl/N-ethyl adjacent to an activating group) is 1. The first-order chi connectivity index (χ1) is 10.7. The average Bonchev–Trinajstić information content (AvgIpc) is 2.53. The molecule has 120 valence electrons. The first-order valence-corrected chi connectivity index (χ1v) is 8.96. The highest BCUT2D eigenvalue weighted by Gasteiger charge is 2.53. The second-order valence-electron chi connectivity index (χ2n) is 7.57. The van der Waals surface area contributed by atoms with E-state index in [1.165, 1.54) is 49.8 Å². The van der Waals surface area contributed by atoms with Gasteiger partial charge in [-0.15, -0.1) is 0 Å². The number of likely N-dealkylation sites (tertiary alicyclic amines) is 1. The standard InChI is InChI=1S/C19H28N2O/c1-3-20-16-10-13-11-17-14-6-4-5-7-19(14,8-9-21(17)2)15(13)12-18(16)22/h10,12,14,17,20,22H,3-9,11H2,1-2H3/t14-,17+,19+/m1/s1. The van der Waals surface area contributed by atoms with Crippen molar-refractivity contribution in [3.8, 4) is 5.75 Å². The molecule has 0 amide bonds. The van der Waals surface area contributed by atoms with E-state index in [1.807, 2.05) is 0 Å². The van der Waals surface area contributed by atoms with Gasteiger partial charge in [-0.3, -0.25) is 0 Å². The molecule has 1 saturated carbocycles. The van der Waals surface area contributed by atoms with Gasteiger partial charge in [0.05, 0.1) is 5.69 Å². The summed E-state index contributed by atoms with van der Waals surface area (Å²) in [5.41, 5.74) is 4.20. The summed E-state index contributed by atoms with van der Waals surface area (Å²) in [4.78, 5) is 2.59. The molecule has 2 N–H and O–H groups in total. The molecular weight excluding hydrogens is 272 g/mol. The van der Waals surface area contributed by atoms with Crippen LogP contribution in [0, 0.1) is 5.92 Å². The SMILES string of the molecule is CCNc1cc2c(cc1O)[C@]13CCCC[C@@H]1[C@H](C2)N(C)CC3. The van der Waals surface area contributed by atoms with Crippen LogP contribution in [0.1, 0.15) is 50.2 Å². The molecule has 3 heteroatoms. The number of phenols is 1. The summed E-state index contributed by atoms with van der Waals surface area (Å²) < 4.78 is 0. The summed E-state index contributed by atoms with van der Waals surface area (Å²) in [6.45, 7) is 4.14. The number of rotatable bonds is 2. The van der Waals surface area contributed by atoms with E-state index in [1.54, 1.807) is 0 Å². The number of fused-ring (bicyclic) bond motifs is 1.